The second-order valence-corrected chi connectivity index (χ2v) is 6.44. The van der Waals surface area contributed by atoms with Gasteiger partial charge in [-0.1, -0.05) is 29.8 Å². The molecule has 0 spiro atoms. The smallest absolute Gasteiger partial charge is 0.101 e. The van der Waals surface area contributed by atoms with Crippen LogP contribution in [0.5, 0.6) is 0 Å². The predicted molar refractivity (Wildman–Crippen MR) is 85.1 cm³/mol. The maximum Gasteiger partial charge on any atom is 0.101 e. The Morgan fingerprint density at radius 3 is 2.75 bits per heavy atom. The third-order valence-electron chi connectivity index (χ3n) is 3.30. The summed E-state index contributed by atoms with van der Waals surface area (Å²) in [6.45, 7) is 0.918. The van der Waals surface area contributed by atoms with Crippen LogP contribution in [0.3, 0.4) is 0 Å². The SMILES string of the molecule is Clc1ccc(CSc2ncccc2CNC2CC2)cc1. The maximum atomic E-state index is 5.90. The molecular weight excluding hydrogens is 288 g/mol. The summed E-state index contributed by atoms with van der Waals surface area (Å²) in [6.07, 6.45) is 4.49. The molecule has 1 aliphatic carbocycles. The van der Waals surface area contributed by atoms with E-state index >= 15 is 0 Å². The van der Waals surface area contributed by atoms with Crippen molar-refractivity contribution < 1.29 is 0 Å². The summed E-state index contributed by atoms with van der Waals surface area (Å²) in [5.74, 6) is 0.921. The lowest BCUT2D eigenvalue weighted by molar-refractivity contribution is 0.675. The van der Waals surface area contributed by atoms with E-state index in [-0.39, 0.29) is 0 Å². The van der Waals surface area contributed by atoms with Gasteiger partial charge in [-0.25, -0.2) is 4.98 Å². The normalized spacial score (nSPS) is 14.4. The van der Waals surface area contributed by atoms with Gasteiger partial charge in [-0.2, -0.15) is 0 Å². The molecule has 1 aliphatic rings. The molecule has 1 fully saturated rings. The number of halogens is 1. The summed E-state index contributed by atoms with van der Waals surface area (Å²) in [4.78, 5) is 4.51. The van der Waals surface area contributed by atoms with E-state index in [1.165, 1.54) is 24.0 Å². The first-order chi connectivity index (χ1) is 9.81. The van der Waals surface area contributed by atoms with Gasteiger partial charge in [0.15, 0.2) is 0 Å². The van der Waals surface area contributed by atoms with Crippen LogP contribution in [0.4, 0.5) is 0 Å². The third-order valence-corrected chi connectivity index (χ3v) is 4.67. The minimum atomic E-state index is 0.726. The van der Waals surface area contributed by atoms with Crippen LogP contribution in [0, 0.1) is 0 Å². The summed E-state index contributed by atoms with van der Waals surface area (Å²) in [5.41, 5.74) is 2.56. The quantitative estimate of drug-likeness (QED) is 0.806. The Hall–Kier alpha value is -1.03. The third kappa shape index (κ3) is 3.98. The molecule has 4 heteroatoms. The number of aromatic nitrogens is 1. The first-order valence-electron chi connectivity index (χ1n) is 6.86. The molecule has 3 rings (SSSR count). The minimum Gasteiger partial charge on any atom is -0.310 e. The highest BCUT2D eigenvalue weighted by Crippen LogP contribution is 2.26. The first-order valence-corrected chi connectivity index (χ1v) is 8.22. The van der Waals surface area contributed by atoms with Crippen molar-refractivity contribution in [1.82, 2.24) is 10.3 Å². The number of thioether (sulfide) groups is 1. The second kappa shape index (κ2) is 6.61. The molecule has 0 saturated heterocycles. The molecule has 20 heavy (non-hydrogen) atoms. The molecule has 1 aromatic heterocycles. The van der Waals surface area contributed by atoms with Crippen LogP contribution in [-0.2, 0) is 12.3 Å². The van der Waals surface area contributed by atoms with E-state index in [1.807, 2.05) is 24.4 Å². The largest absolute Gasteiger partial charge is 0.310 e. The number of benzene rings is 1. The molecule has 1 aromatic carbocycles. The van der Waals surface area contributed by atoms with E-state index in [2.05, 4.69) is 28.5 Å². The highest BCUT2D eigenvalue weighted by molar-refractivity contribution is 7.98. The molecule has 0 unspecified atom stereocenters. The van der Waals surface area contributed by atoms with Crippen molar-refractivity contribution in [1.29, 1.82) is 0 Å². The van der Waals surface area contributed by atoms with Gasteiger partial charge in [0.25, 0.3) is 0 Å². The molecule has 0 bridgehead atoms. The van der Waals surface area contributed by atoms with Crippen LogP contribution in [0.15, 0.2) is 47.6 Å². The number of nitrogens with one attached hydrogen (secondary N) is 1. The maximum absolute atomic E-state index is 5.90. The fraction of sp³-hybridized carbons (Fsp3) is 0.312. The Morgan fingerprint density at radius 2 is 2.00 bits per heavy atom. The van der Waals surface area contributed by atoms with E-state index < -0.39 is 0 Å². The van der Waals surface area contributed by atoms with Crippen LogP contribution >= 0.6 is 23.4 Å². The zero-order valence-electron chi connectivity index (χ0n) is 11.2. The van der Waals surface area contributed by atoms with Gasteiger partial charge in [0.1, 0.15) is 5.03 Å². The van der Waals surface area contributed by atoms with E-state index in [4.69, 9.17) is 11.6 Å². The fourth-order valence-electron chi connectivity index (χ4n) is 1.96. The number of nitrogens with zero attached hydrogens (tertiary/aromatic N) is 1. The Balaban J connectivity index is 1.62. The zero-order valence-corrected chi connectivity index (χ0v) is 12.8. The van der Waals surface area contributed by atoms with Crippen molar-refractivity contribution in [2.45, 2.75) is 36.2 Å². The molecule has 0 amide bonds. The molecule has 1 heterocycles. The highest BCUT2D eigenvalue weighted by Gasteiger charge is 2.20. The van der Waals surface area contributed by atoms with Crippen LogP contribution in [0.25, 0.3) is 0 Å². The van der Waals surface area contributed by atoms with Crippen LogP contribution in [0.1, 0.15) is 24.0 Å². The van der Waals surface area contributed by atoms with Gasteiger partial charge in [0.05, 0.1) is 0 Å². The van der Waals surface area contributed by atoms with Crippen molar-refractivity contribution in [2.24, 2.45) is 0 Å². The monoisotopic (exact) mass is 304 g/mol. The van der Waals surface area contributed by atoms with Gasteiger partial charge in [0, 0.05) is 29.6 Å². The van der Waals surface area contributed by atoms with Crippen molar-refractivity contribution in [3.05, 3.63) is 58.7 Å². The molecule has 104 valence electrons. The lowest BCUT2D eigenvalue weighted by Crippen LogP contribution is -2.16. The molecular formula is C16H17ClN2S. The van der Waals surface area contributed by atoms with Gasteiger partial charge in [0.2, 0.25) is 0 Å². The lowest BCUT2D eigenvalue weighted by Gasteiger charge is -2.09. The van der Waals surface area contributed by atoms with E-state index in [0.717, 1.165) is 28.4 Å². The van der Waals surface area contributed by atoms with E-state index in [0.29, 0.717) is 0 Å². The summed E-state index contributed by atoms with van der Waals surface area (Å²) < 4.78 is 0. The number of pyridine rings is 1. The average molecular weight is 305 g/mol. The van der Waals surface area contributed by atoms with Gasteiger partial charge < -0.3 is 5.32 Å². The lowest BCUT2D eigenvalue weighted by atomic mass is 10.2. The van der Waals surface area contributed by atoms with Gasteiger partial charge >= 0.3 is 0 Å². The fourth-order valence-corrected chi connectivity index (χ4v) is 3.05. The topological polar surface area (TPSA) is 24.9 Å². The molecule has 0 radical (unpaired) electrons. The Labute approximate surface area is 129 Å². The highest BCUT2D eigenvalue weighted by atomic mass is 35.5. The summed E-state index contributed by atoms with van der Waals surface area (Å²) >= 11 is 7.69. The van der Waals surface area contributed by atoms with Crippen molar-refractivity contribution in [3.63, 3.8) is 0 Å². The molecule has 1 saturated carbocycles. The predicted octanol–water partition coefficient (Wildman–Crippen LogP) is 4.28. The van der Waals surface area contributed by atoms with Crippen LogP contribution < -0.4 is 5.32 Å². The average Bonchev–Trinajstić information content (AvgIpc) is 3.30. The number of hydrogen-bond donors (Lipinski definition) is 1. The van der Waals surface area contributed by atoms with Crippen molar-refractivity contribution in [3.8, 4) is 0 Å². The number of hydrogen-bond acceptors (Lipinski definition) is 3. The van der Waals surface area contributed by atoms with Crippen LogP contribution in [-0.4, -0.2) is 11.0 Å². The Morgan fingerprint density at radius 1 is 1.20 bits per heavy atom. The van der Waals surface area contributed by atoms with Crippen molar-refractivity contribution in [2.75, 3.05) is 0 Å². The van der Waals surface area contributed by atoms with Gasteiger partial charge in [-0.05, 0) is 42.2 Å². The Bertz CT molecular complexity index is 567. The summed E-state index contributed by atoms with van der Waals surface area (Å²) in [7, 11) is 0. The van der Waals surface area contributed by atoms with Gasteiger partial charge in [-0.3, -0.25) is 0 Å². The molecule has 0 aliphatic heterocycles. The molecule has 0 atom stereocenters. The number of rotatable bonds is 6. The molecule has 2 aromatic rings. The van der Waals surface area contributed by atoms with E-state index in [1.54, 1.807) is 11.8 Å². The minimum absolute atomic E-state index is 0.726. The first kappa shape index (κ1) is 13.9. The zero-order chi connectivity index (χ0) is 13.8. The van der Waals surface area contributed by atoms with Crippen molar-refractivity contribution >= 4 is 23.4 Å². The Kier molecular flexibility index (Phi) is 4.61. The van der Waals surface area contributed by atoms with Crippen LogP contribution in [0.2, 0.25) is 5.02 Å². The standard InChI is InChI=1S/C16H17ClN2S/c17-14-5-3-12(4-6-14)11-20-16-13(2-1-9-18-16)10-19-15-7-8-15/h1-6,9,15,19H,7-8,10-11H2. The van der Waals surface area contributed by atoms with E-state index in [9.17, 15) is 0 Å². The second-order valence-electron chi connectivity index (χ2n) is 5.04. The summed E-state index contributed by atoms with van der Waals surface area (Å²) in [5, 5.41) is 5.45. The summed E-state index contributed by atoms with van der Waals surface area (Å²) in [6, 6.07) is 12.9. The molecule has 2 nitrogen and oxygen atoms in total. The molecule has 1 N–H and O–H groups in total. The van der Waals surface area contributed by atoms with Gasteiger partial charge in [-0.15, -0.1) is 11.8 Å².